The van der Waals surface area contributed by atoms with Crippen LogP contribution < -0.4 is 0 Å². The zero-order valence-electron chi connectivity index (χ0n) is 13.3. The van der Waals surface area contributed by atoms with Crippen LogP contribution in [-0.4, -0.2) is 25.4 Å². The minimum Gasteiger partial charge on any atom is -0.478 e. The Balaban J connectivity index is 1.92. The summed E-state index contributed by atoms with van der Waals surface area (Å²) in [5.74, 6) is -0.879. The molecule has 2 aromatic heterocycles. The fourth-order valence-corrected chi connectivity index (χ4v) is 3.47. The van der Waals surface area contributed by atoms with Crippen LogP contribution in [0.15, 0.2) is 30.6 Å². The van der Waals surface area contributed by atoms with Crippen molar-refractivity contribution in [3.63, 3.8) is 0 Å². The number of carbonyl (C=O) groups is 1. The van der Waals surface area contributed by atoms with Gasteiger partial charge in [0.1, 0.15) is 0 Å². The zero-order valence-corrected chi connectivity index (χ0v) is 13.3. The number of hydrogen-bond acceptors (Lipinski definition) is 2. The Morgan fingerprint density at radius 3 is 2.78 bits per heavy atom. The van der Waals surface area contributed by atoms with E-state index < -0.39 is 5.97 Å². The molecule has 1 aromatic carbocycles. The molecule has 0 saturated heterocycles. The molecule has 5 heteroatoms. The van der Waals surface area contributed by atoms with Crippen molar-refractivity contribution in [2.45, 2.75) is 32.2 Å². The van der Waals surface area contributed by atoms with Gasteiger partial charge < -0.3 is 9.67 Å². The van der Waals surface area contributed by atoms with Gasteiger partial charge in [0.2, 0.25) is 0 Å². The minimum absolute atomic E-state index is 0.385. The molecule has 0 aliphatic heterocycles. The van der Waals surface area contributed by atoms with Gasteiger partial charge in [-0.1, -0.05) is 18.2 Å². The molecule has 0 unspecified atom stereocenters. The van der Waals surface area contributed by atoms with Gasteiger partial charge in [-0.3, -0.25) is 4.68 Å². The number of fused-ring (bicyclic) bond motifs is 1. The fourth-order valence-electron chi connectivity index (χ4n) is 3.47. The smallest absolute Gasteiger partial charge is 0.338 e. The number of aryl methyl sites for hydroxylation is 1. The van der Waals surface area contributed by atoms with Crippen LogP contribution in [0.1, 0.15) is 41.4 Å². The summed E-state index contributed by atoms with van der Waals surface area (Å²) in [5, 5.41) is 14.8. The van der Waals surface area contributed by atoms with Crippen molar-refractivity contribution in [3.8, 4) is 11.1 Å². The van der Waals surface area contributed by atoms with Crippen LogP contribution in [0.25, 0.3) is 22.0 Å². The fraction of sp³-hybridized carbons (Fsp3) is 0.333. The van der Waals surface area contributed by atoms with Crippen molar-refractivity contribution >= 4 is 16.9 Å². The van der Waals surface area contributed by atoms with E-state index >= 15 is 0 Å². The normalized spacial score (nSPS) is 15.0. The van der Waals surface area contributed by atoms with Gasteiger partial charge >= 0.3 is 5.97 Å². The van der Waals surface area contributed by atoms with Crippen LogP contribution in [0, 0.1) is 6.92 Å². The number of rotatable bonds is 3. The van der Waals surface area contributed by atoms with Gasteiger partial charge in [0.15, 0.2) is 0 Å². The number of carboxylic acid groups (broad SMARTS) is 1. The summed E-state index contributed by atoms with van der Waals surface area (Å²) < 4.78 is 4.01. The standard InChI is InChI=1S/C18H19N3O2/c1-11-16(18(22)23)15-8-4-7-14(17(15)20(11)2)12-9-19-21(10-12)13-5-3-6-13/h4,7-10,13H,3,5-6H2,1-2H3,(H,22,23). The third-order valence-corrected chi connectivity index (χ3v) is 5.08. The monoisotopic (exact) mass is 309 g/mol. The third kappa shape index (κ3) is 2.00. The SMILES string of the molecule is Cc1c(C(=O)O)c2cccc(-c3cnn(C4CCC4)c3)c2n1C. The van der Waals surface area contributed by atoms with Gasteiger partial charge in [-0.25, -0.2) is 4.79 Å². The first kappa shape index (κ1) is 14.1. The van der Waals surface area contributed by atoms with Crippen molar-refractivity contribution in [2.24, 2.45) is 7.05 Å². The van der Waals surface area contributed by atoms with Gasteiger partial charge in [-0.2, -0.15) is 5.10 Å². The Bertz CT molecular complexity index is 916. The second kappa shape index (κ2) is 4.98. The molecule has 0 radical (unpaired) electrons. The predicted octanol–water partition coefficient (Wildman–Crippen LogP) is 3.77. The van der Waals surface area contributed by atoms with Gasteiger partial charge in [0, 0.05) is 35.5 Å². The molecule has 2 heterocycles. The van der Waals surface area contributed by atoms with Crippen molar-refractivity contribution in [3.05, 3.63) is 41.9 Å². The van der Waals surface area contributed by atoms with Crippen LogP contribution in [0.3, 0.4) is 0 Å². The quantitative estimate of drug-likeness (QED) is 0.801. The largest absolute Gasteiger partial charge is 0.478 e. The Morgan fingerprint density at radius 2 is 2.13 bits per heavy atom. The molecule has 0 spiro atoms. The number of aromatic nitrogens is 3. The molecule has 1 aliphatic carbocycles. The van der Waals surface area contributed by atoms with Crippen molar-refractivity contribution < 1.29 is 9.90 Å². The summed E-state index contributed by atoms with van der Waals surface area (Å²) in [6.45, 7) is 1.85. The molecule has 1 fully saturated rings. The molecule has 0 atom stereocenters. The second-order valence-electron chi connectivity index (χ2n) is 6.32. The van der Waals surface area contributed by atoms with E-state index in [2.05, 4.69) is 11.3 Å². The molecule has 5 nitrogen and oxygen atoms in total. The number of hydrogen-bond donors (Lipinski definition) is 1. The number of carboxylic acids is 1. The highest BCUT2D eigenvalue weighted by molar-refractivity contribution is 6.08. The van der Waals surface area contributed by atoms with Gasteiger partial charge in [-0.15, -0.1) is 0 Å². The van der Waals surface area contributed by atoms with E-state index in [9.17, 15) is 9.90 Å². The van der Waals surface area contributed by atoms with Crippen LogP contribution in [0.5, 0.6) is 0 Å². The van der Waals surface area contributed by atoms with Crippen LogP contribution >= 0.6 is 0 Å². The second-order valence-corrected chi connectivity index (χ2v) is 6.32. The highest BCUT2D eigenvalue weighted by Gasteiger charge is 2.23. The number of benzene rings is 1. The Kier molecular flexibility index (Phi) is 3.04. The summed E-state index contributed by atoms with van der Waals surface area (Å²) in [5.41, 5.74) is 4.18. The van der Waals surface area contributed by atoms with E-state index in [0.717, 1.165) is 27.7 Å². The van der Waals surface area contributed by atoms with Crippen molar-refractivity contribution in [1.82, 2.24) is 14.3 Å². The van der Waals surface area contributed by atoms with E-state index in [1.165, 1.54) is 19.3 Å². The lowest BCUT2D eigenvalue weighted by Crippen LogP contribution is -2.16. The highest BCUT2D eigenvalue weighted by Crippen LogP contribution is 2.36. The molecule has 1 saturated carbocycles. The summed E-state index contributed by atoms with van der Waals surface area (Å²) in [6, 6.07) is 6.36. The average Bonchev–Trinajstić information content (AvgIpc) is 3.02. The predicted molar refractivity (Wildman–Crippen MR) is 88.7 cm³/mol. The highest BCUT2D eigenvalue weighted by atomic mass is 16.4. The van der Waals surface area contributed by atoms with Crippen molar-refractivity contribution in [2.75, 3.05) is 0 Å². The molecule has 23 heavy (non-hydrogen) atoms. The Morgan fingerprint density at radius 1 is 1.35 bits per heavy atom. The Labute approximate surface area is 134 Å². The van der Waals surface area contributed by atoms with E-state index in [1.54, 1.807) is 0 Å². The summed E-state index contributed by atoms with van der Waals surface area (Å²) in [6.07, 6.45) is 7.63. The molecule has 0 bridgehead atoms. The minimum atomic E-state index is -0.879. The number of para-hydroxylation sites is 1. The number of nitrogens with zero attached hydrogens (tertiary/aromatic N) is 3. The molecule has 118 valence electrons. The molecular weight excluding hydrogens is 290 g/mol. The first-order valence-electron chi connectivity index (χ1n) is 7.93. The maximum Gasteiger partial charge on any atom is 0.338 e. The lowest BCUT2D eigenvalue weighted by atomic mass is 9.93. The first-order valence-corrected chi connectivity index (χ1v) is 7.93. The summed E-state index contributed by atoms with van der Waals surface area (Å²) in [4.78, 5) is 11.6. The van der Waals surface area contributed by atoms with Crippen LogP contribution in [-0.2, 0) is 7.05 Å². The maximum absolute atomic E-state index is 11.6. The maximum atomic E-state index is 11.6. The topological polar surface area (TPSA) is 60.0 Å². The lowest BCUT2D eigenvalue weighted by molar-refractivity contribution is 0.0698. The first-order chi connectivity index (χ1) is 11.1. The lowest BCUT2D eigenvalue weighted by Gasteiger charge is -2.25. The molecule has 4 rings (SSSR count). The number of aromatic carboxylic acids is 1. The van der Waals surface area contributed by atoms with Crippen LogP contribution in [0.2, 0.25) is 0 Å². The van der Waals surface area contributed by atoms with Gasteiger partial charge in [0.25, 0.3) is 0 Å². The average molecular weight is 309 g/mol. The Hall–Kier alpha value is -2.56. The van der Waals surface area contributed by atoms with Gasteiger partial charge in [0.05, 0.1) is 23.3 Å². The summed E-state index contributed by atoms with van der Waals surface area (Å²) in [7, 11) is 1.92. The molecule has 3 aromatic rings. The van der Waals surface area contributed by atoms with Crippen LogP contribution in [0.4, 0.5) is 0 Å². The molecule has 1 aliphatic rings. The van der Waals surface area contributed by atoms with E-state index in [1.807, 2.05) is 47.6 Å². The molecule has 1 N–H and O–H groups in total. The molecular formula is C18H19N3O2. The van der Waals surface area contributed by atoms with E-state index in [-0.39, 0.29) is 0 Å². The third-order valence-electron chi connectivity index (χ3n) is 5.08. The van der Waals surface area contributed by atoms with Crippen molar-refractivity contribution in [1.29, 1.82) is 0 Å². The van der Waals surface area contributed by atoms with E-state index in [4.69, 9.17) is 0 Å². The summed E-state index contributed by atoms with van der Waals surface area (Å²) >= 11 is 0. The zero-order chi connectivity index (χ0) is 16.1. The van der Waals surface area contributed by atoms with E-state index in [0.29, 0.717) is 11.6 Å². The van der Waals surface area contributed by atoms with Gasteiger partial charge in [-0.05, 0) is 26.2 Å². The molecule has 0 amide bonds.